The molecule has 0 spiro atoms. The Morgan fingerprint density at radius 3 is 2.58 bits per heavy atom. The van der Waals surface area contributed by atoms with Crippen LogP contribution in [0.5, 0.6) is 5.75 Å². The molecule has 36 heavy (non-hydrogen) atoms. The number of hydrogen-bond acceptors (Lipinski definition) is 5. The lowest BCUT2D eigenvalue weighted by Crippen LogP contribution is -2.40. The normalized spacial score (nSPS) is 21.0. The van der Waals surface area contributed by atoms with E-state index in [1.54, 1.807) is 16.2 Å². The summed E-state index contributed by atoms with van der Waals surface area (Å²) in [6.07, 6.45) is 2.72. The number of carbonyl (C=O) groups is 1. The number of carbonyl (C=O) groups excluding carboxylic acids is 1. The molecule has 6 heteroatoms. The molecule has 1 aliphatic carbocycles. The van der Waals surface area contributed by atoms with Crippen LogP contribution in [-0.2, 0) is 6.61 Å². The first-order valence-corrected chi connectivity index (χ1v) is 14.0. The monoisotopic (exact) mass is 503 g/mol. The second-order valence-electron chi connectivity index (χ2n) is 10.6. The summed E-state index contributed by atoms with van der Waals surface area (Å²) in [5, 5.41) is 3.31. The zero-order chi connectivity index (χ0) is 25.4. The first-order chi connectivity index (χ1) is 17.3. The van der Waals surface area contributed by atoms with E-state index >= 15 is 0 Å². The Balaban J connectivity index is 1.33. The van der Waals surface area contributed by atoms with Gasteiger partial charge in [0.05, 0.1) is 5.69 Å². The molecule has 2 heterocycles. The third kappa shape index (κ3) is 4.88. The van der Waals surface area contributed by atoms with Crippen LogP contribution in [0.2, 0.25) is 0 Å². The number of piperidine rings is 1. The van der Waals surface area contributed by atoms with Crippen molar-refractivity contribution in [2.24, 2.45) is 17.8 Å². The highest BCUT2D eigenvalue weighted by Gasteiger charge is 2.39. The number of thiazole rings is 1. The van der Waals surface area contributed by atoms with Crippen molar-refractivity contribution in [3.05, 3.63) is 64.0 Å². The van der Waals surface area contributed by atoms with Crippen molar-refractivity contribution in [3.8, 4) is 17.0 Å². The van der Waals surface area contributed by atoms with Crippen molar-refractivity contribution in [2.45, 2.75) is 47.1 Å². The van der Waals surface area contributed by atoms with Gasteiger partial charge in [0, 0.05) is 43.2 Å². The zero-order valence-corrected chi connectivity index (χ0v) is 22.9. The highest BCUT2D eigenvalue weighted by atomic mass is 32.1. The van der Waals surface area contributed by atoms with Gasteiger partial charge < -0.3 is 14.5 Å². The minimum atomic E-state index is 0.0457. The number of nitrogens with zero attached hydrogens (tertiary/aromatic N) is 3. The standard InChI is InChI=1S/C30H37N3O2S/c1-6-32(5)29(34)22-8-11-25(20(3)14-22)17-35-28-12-7-19(2)13-26(28)27-18-36-30(31-27)33-15-23-9-10-24(16-33)21(23)4/h7-8,11-14,18,21,23-24H,6,9-10,15-17H2,1-5H3. The van der Waals surface area contributed by atoms with Crippen molar-refractivity contribution in [1.29, 1.82) is 0 Å². The molecule has 1 amide bonds. The SMILES string of the molecule is CCN(C)C(=O)c1ccc(COc2ccc(C)cc2-c2csc(N3CC4CCC(C3)C4C)n2)c(C)c1. The molecule has 2 atom stereocenters. The molecular weight excluding hydrogens is 466 g/mol. The molecule has 1 aromatic heterocycles. The number of aromatic nitrogens is 1. The lowest BCUT2D eigenvalue weighted by atomic mass is 9.87. The number of amides is 1. The maximum Gasteiger partial charge on any atom is 0.253 e. The van der Waals surface area contributed by atoms with Crippen molar-refractivity contribution in [3.63, 3.8) is 0 Å². The number of anilines is 1. The summed E-state index contributed by atoms with van der Waals surface area (Å²) in [4.78, 5) is 21.8. The Morgan fingerprint density at radius 2 is 1.89 bits per heavy atom. The van der Waals surface area contributed by atoms with Gasteiger partial charge in [-0.15, -0.1) is 11.3 Å². The first kappa shape index (κ1) is 24.8. The quantitative estimate of drug-likeness (QED) is 0.365. The fourth-order valence-electron chi connectivity index (χ4n) is 5.66. The largest absolute Gasteiger partial charge is 0.488 e. The van der Waals surface area contributed by atoms with E-state index in [1.165, 1.54) is 18.4 Å². The summed E-state index contributed by atoms with van der Waals surface area (Å²) in [6.45, 7) is 12.0. The van der Waals surface area contributed by atoms with Crippen LogP contribution < -0.4 is 9.64 Å². The first-order valence-electron chi connectivity index (χ1n) is 13.1. The van der Waals surface area contributed by atoms with Crippen LogP contribution in [0.1, 0.15) is 53.7 Å². The van der Waals surface area contributed by atoms with Gasteiger partial charge in [-0.25, -0.2) is 4.98 Å². The average molecular weight is 504 g/mol. The van der Waals surface area contributed by atoms with Crippen molar-refractivity contribution >= 4 is 22.4 Å². The van der Waals surface area contributed by atoms with Crippen LogP contribution in [0.15, 0.2) is 41.8 Å². The molecule has 0 radical (unpaired) electrons. The van der Waals surface area contributed by atoms with E-state index in [9.17, 15) is 4.79 Å². The Bertz CT molecular complexity index is 1240. The van der Waals surface area contributed by atoms with Crippen LogP contribution in [-0.4, -0.2) is 42.5 Å². The maximum atomic E-state index is 12.5. The molecule has 2 aromatic carbocycles. The summed E-state index contributed by atoms with van der Waals surface area (Å²) in [5.41, 5.74) is 6.07. The van der Waals surface area contributed by atoms with Gasteiger partial charge in [0.25, 0.3) is 5.91 Å². The van der Waals surface area contributed by atoms with E-state index in [0.29, 0.717) is 18.7 Å². The van der Waals surface area contributed by atoms with Gasteiger partial charge in [0.2, 0.25) is 0 Å². The molecule has 3 aromatic rings. The van der Waals surface area contributed by atoms with E-state index in [0.717, 1.165) is 64.1 Å². The molecule has 1 saturated carbocycles. The van der Waals surface area contributed by atoms with Crippen LogP contribution in [0.25, 0.3) is 11.3 Å². The Labute approximate surface area is 219 Å². The Hall–Kier alpha value is -2.86. The minimum Gasteiger partial charge on any atom is -0.488 e. The third-order valence-electron chi connectivity index (χ3n) is 8.27. The van der Waals surface area contributed by atoms with Crippen LogP contribution >= 0.6 is 11.3 Å². The highest BCUT2D eigenvalue weighted by molar-refractivity contribution is 7.14. The predicted molar refractivity (Wildman–Crippen MR) is 148 cm³/mol. The van der Waals surface area contributed by atoms with Gasteiger partial charge in [-0.3, -0.25) is 4.79 Å². The molecule has 1 aliphatic heterocycles. The molecule has 2 fully saturated rings. The fourth-order valence-corrected chi connectivity index (χ4v) is 6.51. The molecule has 1 saturated heterocycles. The third-order valence-corrected chi connectivity index (χ3v) is 9.17. The lowest BCUT2D eigenvalue weighted by molar-refractivity contribution is 0.0802. The summed E-state index contributed by atoms with van der Waals surface area (Å²) < 4.78 is 6.35. The number of aryl methyl sites for hydroxylation is 2. The molecule has 190 valence electrons. The number of fused-ring (bicyclic) bond motifs is 2. The van der Waals surface area contributed by atoms with Crippen LogP contribution in [0.4, 0.5) is 5.13 Å². The lowest BCUT2D eigenvalue weighted by Gasteiger charge is -2.36. The van der Waals surface area contributed by atoms with Crippen LogP contribution in [0.3, 0.4) is 0 Å². The van der Waals surface area contributed by atoms with E-state index in [4.69, 9.17) is 9.72 Å². The number of benzene rings is 2. The van der Waals surface area contributed by atoms with Gasteiger partial charge in [-0.05, 0) is 86.8 Å². The zero-order valence-electron chi connectivity index (χ0n) is 22.1. The Kier molecular flexibility index (Phi) is 7.07. The Morgan fingerprint density at radius 1 is 1.14 bits per heavy atom. The maximum absolute atomic E-state index is 12.5. The number of rotatable bonds is 7. The molecule has 5 rings (SSSR count). The van der Waals surface area contributed by atoms with Crippen molar-refractivity contribution in [1.82, 2.24) is 9.88 Å². The number of hydrogen-bond donors (Lipinski definition) is 0. The molecule has 2 unspecified atom stereocenters. The summed E-state index contributed by atoms with van der Waals surface area (Å²) >= 11 is 1.75. The average Bonchev–Trinajstić information content (AvgIpc) is 3.43. The summed E-state index contributed by atoms with van der Waals surface area (Å²) in [6, 6.07) is 12.2. The minimum absolute atomic E-state index is 0.0457. The summed E-state index contributed by atoms with van der Waals surface area (Å²) in [7, 11) is 1.83. The van der Waals surface area contributed by atoms with E-state index in [2.05, 4.69) is 42.3 Å². The van der Waals surface area contributed by atoms with Gasteiger partial charge in [0.1, 0.15) is 12.4 Å². The van der Waals surface area contributed by atoms with Gasteiger partial charge in [0.15, 0.2) is 5.13 Å². The summed E-state index contributed by atoms with van der Waals surface area (Å²) in [5.74, 6) is 3.35. The smallest absolute Gasteiger partial charge is 0.253 e. The van der Waals surface area contributed by atoms with Gasteiger partial charge >= 0.3 is 0 Å². The van der Waals surface area contributed by atoms with Gasteiger partial charge in [-0.2, -0.15) is 0 Å². The van der Waals surface area contributed by atoms with E-state index in [1.807, 2.05) is 39.1 Å². The number of ether oxygens (including phenoxy) is 1. The molecule has 2 bridgehead atoms. The van der Waals surface area contributed by atoms with Crippen molar-refractivity contribution < 1.29 is 9.53 Å². The van der Waals surface area contributed by atoms with E-state index < -0.39 is 0 Å². The van der Waals surface area contributed by atoms with Gasteiger partial charge in [-0.1, -0.05) is 24.6 Å². The second kappa shape index (κ2) is 10.3. The second-order valence-corrected chi connectivity index (χ2v) is 11.5. The topological polar surface area (TPSA) is 45.7 Å². The molecule has 5 nitrogen and oxygen atoms in total. The molecule has 2 aliphatic rings. The molecular formula is C30H37N3O2S. The van der Waals surface area contributed by atoms with Crippen molar-refractivity contribution in [2.75, 3.05) is 31.6 Å². The predicted octanol–water partition coefficient (Wildman–Crippen LogP) is 6.58. The van der Waals surface area contributed by atoms with E-state index in [-0.39, 0.29) is 5.91 Å². The molecule has 0 N–H and O–H groups in total. The van der Waals surface area contributed by atoms with Crippen LogP contribution in [0, 0.1) is 31.6 Å². The fraction of sp³-hybridized carbons (Fsp3) is 0.467. The highest BCUT2D eigenvalue weighted by Crippen LogP contribution is 2.44.